The van der Waals surface area contributed by atoms with Gasteiger partial charge >= 0.3 is 0 Å². The van der Waals surface area contributed by atoms with Crippen LogP contribution in [-0.4, -0.2) is 60.9 Å². The minimum atomic E-state index is -0.985. The Balaban J connectivity index is 2.84. The molecule has 0 unspecified atom stereocenters. The number of hydrogen-bond acceptors (Lipinski definition) is 6. The van der Waals surface area contributed by atoms with E-state index >= 15 is 0 Å². The van der Waals surface area contributed by atoms with Crippen LogP contribution in [-0.2, 0) is 9.47 Å². The molecule has 1 saturated carbocycles. The van der Waals surface area contributed by atoms with Gasteiger partial charge in [0.25, 0.3) is 0 Å². The summed E-state index contributed by atoms with van der Waals surface area (Å²) in [5.74, 6) is 0. The first-order valence-electron chi connectivity index (χ1n) is 4.47. The molecular formula is C8H18N2O4. The topological polar surface area (TPSA) is 111 Å². The first-order chi connectivity index (χ1) is 6.54. The quantitative estimate of drug-likeness (QED) is 0.394. The van der Waals surface area contributed by atoms with Crippen LogP contribution in [0.25, 0.3) is 0 Å². The van der Waals surface area contributed by atoms with Crippen LogP contribution in [0.2, 0.25) is 0 Å². The average molecular weight is 206 g/mol. The van der Waals surface area contributed by atoms with E-state index < -0.39 is 36.5 Å². The van der Waals surface area contributed by atoms with E-state index in [0.717, 1.165) is 0 Å². The minimum Gasteiger partial charge on any atom is -0.390 e. The normalized spacial score (nSPS) is 49.3. The fraction of sp³-hybridized carbons (Fsp3) is 1.00. The number of nitrogens with two attached hydrogens (primary N) is 2. The third-order valence-corrected chi connectivity index (χ3v) is 2.77. The number of hydrogen-bond donors (Lipinski definition) is 4. The second-order valence-electron chi connectivity index (χ2n) is 3.54. The Morgan fingerprint density at radius 3 is 1.79 bits per heavy atom. The maximum absolute atomic E-state index is 9.68. The highest BCUT2D eigenvalue weighted by Gasteiger charge is 2.47. The molecule has 14 heavy (non-hydrogen) atoms. The summed E-state index contributed by atoms with van der Waals surface area (Å²) in [4.78, 5) is 0. The largest absolute Gasteiger partial charge is 0.390 e. The maximum atomic E-state index is 9.68. The van der Waals surface area contributed by atoms with Crippen molar-refractivity contribution in [3.63, 3.8) is 0 Å². The lowest BCUT2D eigenvalue weighted by Gasteiger charge is -2.43. The van der Waals surface area contributed by atoms with Crippen LogP contribution in [0.5, 0.6) is 0 Å². The van der Waals surface area contributed by atoms with Crippen molar-refractivity contribution in [2.24, 2.45) is 11.5 Å². The lowest BCUT2D eigenvalue weighted by molar-refractivity contribution is -0.160. The van der Waals surface area contributed by atoms with Gasteiger partial charge in [-0.3, -0.25) is 0 Å². The van der Waals surface area contributed by atoms with Crippen LogP contribution in [0.15, 0.2) is 0 Å². The Bertz CT molecular complexity index is 172. The van der Waals surface area contributed by atoms with Crippen LogP contribution in [0.3, 0.4) is 0 Å². The first kappa shape index (κ1) is 11.8. The molecule has 6 N–H and O–H groups in total. The highest BCUT2D eigenvalue weighted by atomic mass is 16.5. The molecule has 0 spiro atoms. The third kappa shape index (κ3) is 1.77. The van der Waals surface area contributed by atoms with E-state index in [-0.39, 0.29) is 0 Å². The van der Waals surface area contributed by atoms with E-state index in [2.05, 4.69) is 0 Å². The smallest absolute Gasteiger partial charge is 0.112 e. The van der Waals surface area contributed by atoms with Gasteiger partial charge < -0.3 is 31.2 Å². The van der Waals surface area contributed by atoms with Crippen LogP contribution in [0, 0.1) is 0 Å². The van der Waals surface area contributed by atoms with E-state index in [1.165, 1.54) is 14.2 Å². The maximum Gasteiger partial charge on any atom is 0.112 e. The monoisotopic (exact) mass is 206 g/mol. The summed E-state index contributed by atoms with van der Waals surface area (Å²) in [6, 6.07) is -1.45. The van der Waals surface area contributed by atoms with Gasteiger partial charge in [0.1, 0.15) is 18.3 Å². The molecular weight excluding hydrogens is 188 g/mol. The van der Waals surface area contributed by atoms with Crippen molar-refractivity contribution in [3.8, 4) is 0 Å². The molecule has 84 valence electrons. The summed E-state index contributed by atoms with van der Waals surface area (Å²) in [6.45, 7) is 0. The van der Waals surface area contributed by atoms with Crippen LogP contribution >= 0.6 is 0 Å². The van der Waals surface area contributed by atoms with E-state index in [1.807, 2.05) is 0 Å². The van der Waals surface area contributed by atoms with Crippen molar-refractivity contribution in [2.45, 2.75) is 36.5 Å². The molecule has 0 aromatic carbocycles. The molecule has 0 heterocycles. The number of ether oxygens (including phenoxy) is 2. The second-order valence-corrected chi connectivity index (χ2v) is 3.54. The van der Waals surface area contributed by atoms with Crippen LogP contribution < -0.4 is 11.5 Å². The summed E-state index contributed by atoms with van der Waals surface area (Å²) in [5.41, 5.74) is 11.3. The zero-order chi connectivity index (χ0) is 10.9. The van der Waals surface area contributed by atoms with Gasteiger partial charge in [-0.25, -0.2) is 0 Å². The molecule has 1 rings (SSSR count). The highest BCUT2D eigenvalue weighted by Crippen LogP contribution is 2.22. The van der Waals surface area contributed by atoms with Crippen molar-refractivity contribution in [1.82, 2.24) is 0 Å². The van der Waals surface area contributed by atoms with Gasteiger partial charge in [-0.2, -0.15) is 0 Å². The van der Waals surface area contributed by atoms with Gasteiger partial charge in [-0.1, -0.05) is 0 Å². The molecule has 0 bridgehead atoms. The Morgan fingerprint density at radius 2 is 1.36 bits per heavy atom. The van der Waals surface area contributed by atoms with Crippen LogP contribution in [0.4, 0.5) is 0 Å². The van der Waals surface area contributed by atoms with Gasteiger partial charge in [0.2, 0.25) is 0 Å². The highest BCUT2D eigenvalue weighted by molar-refractivity contribution is 5.03. The predicted molar refractivity (Wildman–Crippen MR) is 49.6 cm³/mol. The predicted octanol–water partition coefficient (Wildman–Crippen LogP) is -2.59. The summed E-state index contributed by atoms with van der Waals surface area (Å²) in [5, 5.41) is 19.3. The van der Waals surface area contributed by atoms with Crippen molar-refractivity contribution in [2.75, 3.05) is 14.2 Å². The van der Waals surface area contributed by atoms with E-state index in [1.54, 1.807) is 0 Å². The van der Waals surface area contributed by atoms with E-state index in [4.69, 9.17) is 20.9 Å². The zero-order valence-corrected chi connectivity index (χ0v) is 8.33. The molecule has 6 heteroatoms. The molecule has 1 aliphatic carbocycles. The van der Waals surface area contributed by atoms with Gasteiger partial charge in [0, 0.05) is 14.2 Å². The fourth-order valence-electron chi connectivity index (χ4n) is 1.85. The summed E-state index contributed by atoms with van der Waals surface area (Å²) >= 11 is 0. The van der Waals surface area contributed by atoms with Gasteiger partial charge in [0.05, 0.1) is 18.2 Å². The van der Waals surface area contributed by atoms with E-state index in [9.17, 15) is 10.2 Å². The summed E-state index contributed by atoms with van der Waals surface area (Å²) < 4.78 is 10.1. The number of methoxy groups -OCH3 is 2. The van der Waals surface area contributed by atoms with E-state index in [0.29, 0.717) is 0 Å². The summed E-state index contributed by atoms with van der Waals surface area (Å²) in [6.07, 6.45) is -3.11. The Labute approximate surface area is 82.8 Å². The molecule has 0 amide bonds. The molecule has 6 atom stereocenters. The lowest BCUT2D eigenvalue weighted by atomic mass is 9.82. The molecule has 6 nitrogen and oxygen atoms in total. The molecule has 0 saturated heterocycles. The number of aliphatic hydroxyl groups excluding tert-OH is 2. The standard InChI is InChI=1S/C8H18N2O4/c1-13-7-4(10)5(11)3(9)6(12)8(7)14-2/h3-8,11-12H,9-10H2,1-2H3/t3-,4+,5-,6+,7-,8-/m1/s1. The molecule has 0 aromatic rings. The SMILES string of the molecule is CO[C@@H]1[C@@H](N)[C@H](O)[C@@H](N)[C@H](O)[C@H]1OC. The average Bonchev–Trinajstić information content (AvgIpc) is 2.20. The van der Waals surface area contributed by atoms with Crippen LogP contribution in [0.1, 0.15) is 0 Å². The van der Waals surface area contributed by atoms with Gasteiger partial charge in [-0.15, -0.1) is 0 Å². The molecule has 0 radical (unpaired) electrons. The first-order valence-corrected chi connectivity index (χ1v) is 4.47. The molecule has 1 aliphatic rings. The Hall–Kier alpha value is -0.240. The van der Waals surface area contributed by atoms with Gasteiger partial charge in [0.15, 0.2) is 0 Å². The van der Waals surface area contributed by atoms with Gasteiger partial charge in [-0.05, 0) is 0 Å². The zero-order valence-electron chi connectivity index (χ0n) is 8.33. The minimum absolute atomic E-state index is 0.551. The third-order valence-electron chi connectivity index (χ3n) is 2.77. The van der Waals surface area contributed by atoms with Crippen molar-refractivity contribution in [3.05, 3.63) is 0 Å². The number of aliphatic hydroxyl groups is 2. The molecule has 0 aromatic heterocycles. The lowest BCUT2D eigenvalue weighted by Crippen LogP contribution is -2.69. The van der Waals surface area contributed by atoms with Crippen molar-refractivity contribution in [1.29, 1.82) is 0 Å². The molecule has 0 aliphatic heterocycles. The fourth-order valence-corrected chi connectivity index (χ4v) is 1.85. The Morgan fingerprint density at radius 1 is 0.857 bits per heavy atom. The summed E-state index contributed by atoms with van der Waals surface area (Å²) in [7, 11) is 2.89. The Kier molecular flexibility index (Phi) is 3.82. The van der Waals surface area contributed by atoms with Crippen molar-refractivity contribution >= 4 is 0 Å². The van der Waals surface area contributed by atoms with Crippen molar-refractivity contribution < 1.29 is 19.7 Å². The second kappa shape index (κ2) is 4.52. The molecule has 1 fully saturated rings. The number of rotatable bonds is 2.